The summed E-state index contributed by atoms with van der Waals surface area (Å²) in [4.78, 5) is 0. The molecule has 1 fully saturated rings. The van der Waals surface area contributed by atoms with Gasteiger partial charge in [0.05, 0.1) is 31.0 Å². The second-order valence-corrected chi connectivity index (χ2v) is 4.93. The lowest BCUT2D eigenvalue weighted by atomic mass is 9.94. The van der Waals surface area contributed by atoms with Crippen LogP contribution in [0.1, 0.15) is 32.6 Å². The second kappa shape index (κ2) is 6.55. The Balaban J connectivity index is 2.31. The minimum absolute atomic E-state index is 0.0872. The summed E-state index contributed by atoms with van der Waals surface area (Å²) in [5.41, 5.74) is -0.333. The molecule has 0 aliphatic heterocycles. The van der Waals surface area contributed by atoms with E-state index < -0.39 is 0 Å². The standard InChI is InChI=1S/C12H25NO3/c1-12(8-14,13-2)9-16-11-6-4-5-10(7-11)15-3/h10-11,13-14H,4-9H2,1-3H3. The quantitative estimate of drug-likeness (QED) is 0.714. The lowest BCUT2D eigenvalue weighted by Crippen LogP contribution is -2.48. The molecule has 0 bridgehead atoms. The van der Waals surface area contributed by atoms with Crippen LogP contribution in [0, 0.1) is 0 Å². The van der Waals surface area contributed by atoms with Gasteiger partial charge in [0.2, 0.25) is 0 Å². The normalized spacial score (nSPS) is 30.0. The third-order valence-electron chi connectivity index (χ3n) is 3.50. The summed E-state index contributed by atoms with van der Waals surface area (Å²) in [6.07, 6.45) is 5.00. The molecule has 0 heterocycles. The highest BCUT2D eigenvalue weighted by atomic mass is 16.5. The SMILES string of the molecule is CNC(C)(CO)COC1CCCC(OC)C1. The van der Waals surface area contributed by atoms with Crippen LogP contribution in [0.15, 0.2) is 0 Å². The summed E-state index contributed by atoms with van der Waals surface area (Å²) in [6.45, 7) is 2.59. The van der Waals surface area contributed by atoms with Crippen molar-refractivity contribution in [1.29, 1.82) is 0 Å². The maximum atomic E-state index is 9.25. The Bertz CT molecular complexity index is 195. The molecule has 0 aromatic rings. The summed E-state index contributed by atoms with van der Waals surface area (Å²) in [6, 6.07) is 0. The molecule has 2 N–H and O–H groups in total. The number of methoxy groups -OCH3 is 1. The third kappa shape index (κ3) is 4.01. The summed E-state index contributed by atoms with van der Waals surface area (Å²) < 4.78 is 11.2. The van der Waals surface area contributed by atoms with E-state index in [9.17, 15) is 5.11 Å². The van der Waals surface area contributed by atoms with Gasteiger partial charge in [-0.2, -0.15) is 0 Å². The van der Waals surface area contributed by atoms with Crippen LogP contribution in [-0.2, 0) is 9.47 Å². The van der Waals surface area contributed by atoms with E-state index in [1.165, 1.54) is 6.42 Å². The van der Waals surface area contributed by atoms with E-state index in [1.807, 2.05) is 14.0 Å². The molecule has 0 spiro atoms. The Hall–Kier alpha value is -0.160. The molecule has 96 valence electrons. The van der Waals surface area contributed by atoms with Crippen LogP contribution in [0.3, 0.4) is 0 Å². The highest BCUT2D eigenvalue weighted by molar-refractivity contribution is 4.82. The van der Waals surface area contributed by atoms with Crippen molar-refractivity contribution in [3.05, 3.63) is 0 Å². The first-order valence-electron chi connectivity index (χ1n) is 6.07. The van der Waals surface area contributed by atoms with Crippen LogP contribution in [0.4, 0.5) is 0 Å². The first kappa shape index (κ1) is 13.9. The van der Waals surface area contributed by atoms with E-state index >= 15 is 0 Å². The molecule has 0 amide bonds. The van der Waals surface area contributed by atoms with E-state index in [2.05, 4.69) is 5.32 Å². The zero-order valence-electron chi connectivity index (χ0n) is 10.7. The minimum atomic E-state index is -0.333. The number of aliphatic hydroxyl groups is 1. The molecule has 1 rings (SSSR count). The van der Waals surface area contributed by atoms with Gasteiger partial charge in [0.25, 0.3) is 0 Å². The van der Waals surface area contributed by atoms with Crippen LogP contribution in [0.2, 0.25) is 0 Å². The van der Waals surface area contributed by atoms with Gasteiger partial charge >= 0.3 is 0 Å². The molecule has 4 nitrogen and oxygen atoms in total. The summed E-state index contributed by atoms with van der Waals surface area (Å²) >= 11 is 0. The van der Waals surface area contributed by atoms with E-state index in [0.29, 0.717) is 12.7 Å². The lowest BCUT2D eigenvalue weighted by molar-refractivity contribution is -0.0524. The van der Waals surface area contributed by atoms with Gasteiger partial charge in [-0.15, -0.1) is 0 Å². The monoisotopic (exact) mass is 231 g/mol. The Morgan fingerprint density at radius 2 is 2.06 bits per heavy atom. The van der Waals surface area contributed by atoms with Crippen molar-refractivity contribution in [3.8, 4) is 0 Å². The van der Waals surface area contributed by atoms with Crippen LogP contribution in [0.25, 0.3) is 0 Å². The molecule has 0 saturated heterocycles. The smallest absolute Gasteiger partial charge is 0.0671 e. The molecule has 0 aromatic carbocycles. The zero-order valence-corrected chi connectivity index (χ0v) is 10.7. The molecular formula is C12H25NO3. The number of hydrogen-bond acceptors (Lipinski definition) is 4. The Kier molecular flexibility index (Phi) is 5.69. The topological polar surface area (TPSA) is 50.7 Å². The number of likely N-dealkylation sites (N-methyl/N-ethyl adjacent to an activating group) is 1. The van der Waals surface area contributed by atoms with Crippen LogP contribution < -0.4 is 5.32 Å². The Morgan fingerprint density at radius 1 is 1.38 bits per heavy atom. The van der Waals surface area contributed by atoms with Crippen molar-refractivity contribution in [3.63, 3.8) is 0 Å². The average Bonchev–Trinajstić information content (AvgIpc) is 2.36. The predicted octanol–water partition coefficient (Wildman–Crippen LogP) is 0.931. The molecule has 1 aliphatic rings. The van der Waals surface area contributed by atoms with Gasteiger partial charge in [0.1, 0.15) is 0 Å². The van der Waals surface area contributed by atoms with Crippen molar-refractivity contribution in [1.82, 2.24) is 5.32 Å². The molecular weight excluding hydrogens is 206 g/mol. The van der Waals surface area contributed by atoms with Gasteiger partial charge in [-0.1, -0.05) is 0 Å². The minimum Gasteiger partial charge on any atom is -0.394 e. The maximum absolute atomic E-state index is 9.25. The van der Waals surface area contributed by atoms with E-state index in [1.54, 1.807) is 7.11 Å². The number of aliphatic hydroxyl groups excluding tert-OH is 1. The van der Waals surface area contributed by atoms with Gasteiger partial charge in [0, 0.05) is 7.11 Å². The molecule has 3 unspecified atom stereocenters. The summed E-state index contributed by atoms with van der Waals surface area (Å²) in [5.74, 6) is 0. The molecule has 0 aromatic heterocycles. The number of ether oxygens (including phenoxy) is 2. The number of rotatable bonds is 6. The van der Waals surface area contributed by atoms with E-state index in [-0.39, 0.29) is 18.2 Å². The Labute approximate surface area is 98.3 Å². The predicted molar refractivity (Wildman–Crippen MR) is 63.6 cm³/mol. The highest BCUT2D eigenvalue weighted by Crippen LogP contribution is 2.23. The van der Waals surface area contributed by atoms with Crippen molar-refractivity contribution in [2.45, 2.75) is 50.4 Å². The maximum Gasteiger partial charge on any atom is 0.0671 e. The lowest BCUT2D eigenvalue weighted by Gasteiger charge is -2.32. The second-order valence-electron chi connectivity index (χ2n) is 4.93. The van der Waals surface area contributed by atoms with Crippen LogP contribution in [0.5, 0.6) is 0 Å². The first-order chi connectivity index (χ1) is 7.63. The van der Waals surface area contributed by atoms with Gasteiger partial charge in [-0.3, -0.25) is 0 Å². The zero-order chi connectivity index (χ0) is 12.0. The molecule has 4 heteroatoms. The van der Waals surface area contributed by atoms with E-state index in [4.69, 9.17) is 9.47 Å². The fourth-order valence-electron chi connectivity index (χ4n) is 1.97. The molecule has 0 radical (unpaired) electrons. The van der Waals surface area contributed by atoms with Gasteiger partial charge in [-0.25, -0.2) is 0 Å². The fraction of sp³-hybridized carbons (Fsp3) is 1.00. The van der Waals surface area contributed by atoms with Crippen LogP contribution >= 0.6 is 0 Å². The number of nitrogens with one attached hydrogen (secondary N) is 1. The highest BCUT2D eigenvalue weighted by Gasteiger charge is 2.26. The van der Waals surface area contributed by atoms with Crippen LogP contribution in [-0.4, -0.2) is 50.2 Å². The van der Waals surface area contributed by atoms with E-state index in [0.717, 1.165) is 19.3 Å². The molecule has 3 atom stereocenters. The third-order valence-corrected chi connectivity index (χ3v) is 3.50. The fourth-order valence-corrected chi connectivity index (χ4v) is 1.97. The van der Waals surface area contributed by atoms with Gasteiger partial charge < -0.3 is 19.9 Å². The van der Waals surface area contributed by atoms with Gasteiger partial charge in [-0.05, 0) is 39.7 Å². The molecule has 1 aliphatic carbocycles. The first-order valence-corrected chi connectivity index (χ1v) is 6.07. The molecule has 1 saturated carbocycles. The Morgan fingerprint density at radius 3 is 2.62 bits per heavy atom. The van der Waals surface area contributed by atoms with Gasteiger partial charge in [0.15, 0.2) is 0 Å². The van der Waals surface area contributed by atoms with Crippen molar-refractivity contribution in [2.75, 3.05) is 27.4 Å². The summed E-state index contributed by atoms with van der Waals surface area (Å²) in [7, 11) is 3.61. The molecule has 16 heavy (non-hydrogen) atoms. The average molecular weight is 231 g/mol. The van der Waals surface area contributed by atoms with Crippen molar-refractivity contribution >= 4 is 0 Å². The van der Waals surface area contributed by atoms with Crippen molar-refractivity contribution in [2.24, 2.45) is 0 Å². The van der Waals surface area contributed by atoms with Crippen molar-refractivity contribution < 1.29 is 14.6 Å². The summed E-state index contributed by atoms with van der Waals surface area (Å²) in [5, 5.41) is 12.3. The largest absolute Gasteiger partial charge is 0.394 e. The number of hydrogen-bond donors (Lipinski definition) is 2.